The smallest absolute Gasteiger partial charge is 0.244 e. The molecule has 40 heavy (non-hydrogen) atoms. The molecule has 0 unspecified atom stereocenters. The lowest BCUT2D eigenvalue weighted by atomic mass is 9.97. The highest BCUT2D eigenvalue weighted by molar-refractivity contribution is 5.93. The van der Waals surface area contributed by atoms with Gasteiger partial charge >= 0.3 is 0 Å². The van der Waals surface area contributed by atoms with E-state index in [9.17, 15) is 4.79 Å². The van der Waals surface area contributed by atoms with Gasteiger partial charge in [0.2, 0.25) is 5.91 Å². The summed E-state index contributed by atoms with van der Waals surface area (Å²) in [6.07, 6.45) is 14.7. The summed E-state index contributed by atoms with van der Waals surface area (Å²) in [5, 5.41) is 7.79. The first-order valence-electron chi connectivity index (χ1n) is 15.2. The molecule has 2 fully saturated rings. The molecule has 2 saturated heterocycles. The van der Waals surface area contributed by atoms with Crippen LogP contribution in [0.25, 0.3) is 28.2 Å². The number of hydrogen-bond donors (Lipinski definition) is 2. The summed E-state index contributed by atoms with van der Waals surface area (Å²) in [5.74, 6) is 0.557. The van der Waals surface area contributed by atoms with Crippen molar-refractivity contribution in [1.29, 1.82) is 0 Å². The molecule has 3 aromatic rings. The van der Waals surface area contributed by atoms with Gasteiger partial charge in [0, 0.05) is 48.2 Å². The van der Waals surface area contributed by atoms with Gasteiger partial charge in [0.15, 0.2) is 0 Å². The average molecular weight is 541 g/mol. The lowest BCUT2D eigenvalue weighted by Gasteiger charge is -2.30. The fourth-order valence-corrected chi connectivity index (χ4v) is 5.82. The largest absolute Gasteiger partial charge is 0.384 e. The quantitative estimate of drug-likeness (QED) is 0.249. The van der Waals surface area contributed by atoms with E-state index >= 15 is 0 Å². The zero-order valence-corrected chi connectivity index (χ0v) is 23.9. The molecule has 2 N–H and O–H groups in total. The van der Waals surface area contributed by atoms with E-state index in [0.717, 1.165) is 91.9 Å². The zero-order valence-electron chi connectivity index (χ0n) is 23.9. The molecule has 7 nitrogen and oxygen atoms in total. The van der Waals surface area contributed by atoms with E-state index in [1.165, 1.54) is 32.4 Å². The molecule has 2 aromatic heterocycles. The van der Waals surface area contributed by atoms with E-state index in [1.807, 2.05) is 30.5 Å². The maximum atomic E-state index is 12.4. The van der Waals surface area contributed by atoms with Gasteiger partial charge in [-0.25, -0.2) is 4.98 Å². The van der Waals surface area contributed by atoms with Crippen molar-refractivity contribution in [3.05, 3.63) is 60.4 Å². The molecule has 0 atom stereocenters. The first-order valence-corrected chi connectivity index (χ1v) is 15.2. The van der Waals surface area contributed by atoms with E-state index in [1.54, 1.807) is 12.3 Å². The molecule has 5 rings (SSSR count). The molecule has 2 aliphatic heterocycles. The number of benzene rings is 1. The number of piperidine rings is 2. The minimum Gasteiger partial charge on any atom is -0.384 e. The van der Waals surface area contributed by atoms with Gasteiger partial charge < -0.3 is 20.4 Å². The van der Waals surface area contributed by atoms with Crippen molar-refractivity contribution in [2.75, 3.05) is 57.7 Å². The van der Waals surface area contributed by atoms with Gasteiger partial charge in [-0.3, -0.25) is 9.78 Å². The maximum absolute atomic E-state index is 12.4. The van der Waals surface area contributed by atoms with Gasteiger partial charge in [-0.15, -0.1) is 0 Å². The van der Waals surface area contributed by atoms with Crippen LogP contribution in [-0.2, 0) is 4.79 Å². The van der Waals surface area contributed by atoms with E-state index in [2.05, 4.69) is 50.5 Å². The molecule has 0 aliphatic carbocycles. The second-order valence-corrected chi connectivity index (χ2v) is 11.2. The summed E-state index contributed by atoms with van der Waals surface area (Å²) in [5.41, 5.74) is 4.99. The normalized spacial score (nSPS) is 17.4. The molecule has 0 saturated carbocycles. The Labute approximate surface area is 239 Å². The molecule has 7 heteroatoms. The highest BCUT2D eigenvalue weighted by Crippen LogP contribution is 2.28. The fraction of sp³-hybridized carbons (Fsp3) is 0.485. The molecule has 4 heterocycles. The summed E-state index contributed by atoms with van der Waals surface area (Å²) in [6, 6.07) is 12.4. The maximum Gasteiger partial charge on any atom is 0.244 e. The molecular formula is C33H44N6O. The van der Waals surface area contributed by atoms with Crippen LogP contribution in [0.3, 0.4) is 0 Å². The summed E-state index contributed by atoms with van der Waals surface area (Å²) in [6.45, 7) is 10.9. The van der Waals surface area contributed by atoms with Crippen molar-refractivity contribution in [3.63, 3.8) is 0 Å². The second kappa shape index (κ2) is 14.4. The summed E-state index contributed by atoms with van der Waals surface area (Å²) >= 11 is 0. The second-order valence-electron chi connectivity index (χ2n) is 11.2. The highest BCUT2D eigenvalue weighted by Gasteiger charge is 2.18. The van der Waals surface area contributed by atoms with Crippen molar-refractivity contribution in [3.8, 4) is 11.3 Å². The first kappa shape index (κ1) is 28.2. The lowest BCUT2D eigenvalue weighted by Crippen LogP contribution is -2.38. The van der Waals surface area contributed by atoms with Gasteiger partial charge in [0.05, 0.1) is 11.2 Å². The number of carbonyl (C=O) groups excluding carboxylic acids is 1. The molecule has 0 radical (unpaired) electrons. The number of pyridine rings is 2. The standard InChI is InChI=1S/C33H44N6O/c1-2-38-21-14-27(15-22-38)24-36-33(40)12-9-26-7-10-28(11-8-26)31-23-32(29-25-34-17-13-30(29)37-31)35-16-6-20-39-18-4-3-5-19-39/h7-13,17,23,25,27H,2-6,14-16,18-22,24H2,1H3,(H,35,37)(H,36,40)/b12-9+. The zero-order chi connectivity index (χ0) is 27.6. The van der Waals surface area contributed by atoms with Crippen LogP contribution in [-0.4, -0.2) is 78.0 Å². The molecule has 0 bridgehead atoms. The van der Waals surface area contributed by atoms with Crippen LogP contribution in [0.5, 0.6) is 0 Å². The Morgan fingerprint density at radius 3 is 2.60 bits per heavy atom. The third kappa shape index (κ3) is 7.89. The Balaban J connectivity index is 1.17. The third-order valence-electron chi connectivity index (χ3n) is 8.38. The predicted molar refractivity (Wildman–Crippen MR) is 165 cm³/mol. The number of fused-ring (bicyclic) bond motifs is 1. The van der Waals surface area contributed by atoms with Gasteiger partial charge in [-0.1, -0.05) is 37.6 Å². The van der Waals surface area contributed by atoms with Crippen LogP contribution < -0.4 is 10.6 Å². The van der Waals surface area contributed by atoms with Crippen LogP contribution in [0.2, 0.25) is 0 Å². The number of hydrogen-bond acceptors (Lipinski definition) is 6. The van der Waals surface area contributed by atoms with Crippen molar-refractivity contribution in [2.45, 2.75) is 45.4 Å². The minimum atomic E-state index is -0.0252. The molecule has 1 aromatic carbocycles. The third-order valence-corrected chi connectivity index (χ3v) is 8.38. The topological polar surface area (TPSA) is 73.4 Å². The van der Waals surface area contributed by atoms with Crippen LogP contribution in [0.1, 0.15) is 51.0 Å². The van der Waals surface area contributed by atoms with Crippen LogP contribution in [0.4, 0.5) is 5.69 Å². The summed E-state index contributed by atoms with van der Waals surface area (Å²) in [4.78, 5) is 26.7. The van der Waals surface area contributed by atoms with Crippen molar-refractivity contribution < 1.29 is 4.79 Å². The fourth-order valence-electron chi connectivity index (χ4n) is 5.82. The average Bonchev–Trinajstić information content (AvgIpc) is 3.02. The predicted octanol–water partition coefficient (Wildman–Crippen LogP) is 5.45. The van der Waals surface area contributed by atoms with E-state index < -0.39 is 0 Å². The molecular weight excluding hydrogens is 496 g/mol. The van der Waals surface area contributed by atoms with Gasteiger partial charge in [0.1, 0.15) is 0 Å². The number of carbonyl (C=O) groups is 1. The van der Waals surface area contributed by atoms with Crippen LogP contribution in [0.15, 0.2) is 54.9 Å². The summed E-state index contributed by atoms with van der Waals surface area (Å²) < 4.78 is 0. The van der Waals surface area contributed by atoms with Gasteiger partial charge in [0.25, 0.3) is 0 Å². The number of nitrogens with zero attached hydrogens (tertiary/aromatic N) is 4. The Hall–Kier alpha value is -3.29. The van der Waals surface area contributed by atoms with Gasteiger partial charge in [-0.2, -0.15) is 0 Å². The summed E-state index contributed by atoms with van der Waals surface area (Å²) in [7, 11) is 0. The number of nitrogens with one attached hydrogen (secondary N) is 2. The van der Waals surface area contributed by atoms with E-state index in [-0.39, 0.29) is 5.91 Å². The van der Waals surface area contributed by atoms with E-state index in [0.29, 0.717) is 5.92 Å². The van der Waals surface area contributed by atoms with Crippen molar-refractivity contribution in [2.24, 2.45) is 5.92 Å². The number of amides is 1. The Morgan fingerprint density at radius 1 is 1.02 bits per heavy atom. The monoisotopic (exact) mass is 540 g/mol. The Bertz CT molecular complexity index is 1260. The number of anilines is 1. The number of aromatic nitrogens is 2. The molecule has 0 spiro atoms. The first-order chi connectivity index (χ1) is 19.7. The molecule has 1 amide bonds. The van der Waals surface area contributed by atoms with Crippen LogP contribution >= 0.6 is 0 Å². The van der Waals surface area contributed by atoms with E-state index in [4.69, 9.17) is 4.98 Å². The lowest BCUT2D eigenvalue weighted by molar-refractivity contribution is -0.116. The highest BCUT2D eigenvalue weighted by atomic mass is 16.1. The number of likely N-dealkylation sites (tertiary alicyclic amines) is 2. The molecule has 2 aliphatic rings. The van der Waals surface area contributed by atoms with Crippen molar-refractivity contribution in [1.82, 2.24) is 25.1 Å². The van der Waals surface area contributed by atoms with Crippen molar-refractivity contribution >= 4 is 28.6 Å². The molecule has 212 valence electrons. The SMILES string of the molecule is CCN1CCC(CNC(=O)/C=C/c2ccc(-c3cc(NCCCN4CCCCC4)c4cnccc4n3)cc2)CC1. The van der Waals surface area contributed by atoms with Gasteiger partial charge in [-0.05, 0) is 101 Å². The van der Waals surface area contributed by atoms with Crippen LogP contribution in [0, 0.1) is 5.92 Å². The Kier molecular flexibility index (Phi) is 10.2. The minimum absolute atomic E-state index is 0.0252. The Morgan fingerprint density at radius 2 is 1.82 bits per heavy atom. The number of rotatable bonds is 11.